The Morgan fingerprint density at radius 1 is 1.11 bits per heavy atom. The Kier molecular flexibility index (Phi) is 6.04. The summed E-state index contributed by atoms with van der Waals surface area (Å²) in [7, 11) is 0. The van der Waals surface area contributed by atoms with Gasteiger partial charge in [-0.3, -0.25) is 4.79 Å². The molecule has 0 amide bonds. The molecule has 0 aromatic carbocycles. The Hall–Kier alpha value is -1.44. The fourth-order valence-corrected chi connectivity index (χ4v) is 5.21. The molecular formula is C21H34N4O3. The van der Waals surface area contributed by atoms with Gasteiger partial charge in [0, 0.05) is 31.7 Å². The van der Waals surface area contributed by atoms with Crippen LogP contribution >= 0.6 is 0 Å². The number of aliphatic hydroxyl groups is 2. The number of nitrogens with one attached hydrogen (secondary N) is 1. The van der Waals surface area contributed by atoms with Crippen LogP contribution in [0.25, 0.3) is 0 Å². The number of aliphatic hydroxyl groups excluding tert-OH is 1. The van der Waals surface area contributed by atoms with Crippen LogP contribution in [-0.4, -0.2) is 57.4 Å². The fraction of sp³-hybridized carbons (Fsp3) is 0.810. The molecule has 1 aromatic heterocycles. The first-order valence-corrected chi connectivity index (χ1v) is 11.0. The maximum absolute atomic E-state index is 12.4. The lowest BCUT2D eigenvalue weighted by molar-refractivity contribution is 0.0474. The number of hydrogen-bond donors (Lipinski definition) is 3. The first kappa shape index (κ1) is 19.9. The molecule has 3 atom stereocenters. The first-order valence-electron chi connectivity index (χ1n) is 11.0. The zero-order valence-corrected chi connectivity index (χ0v) is 16.7. The van der Waals surface area contributed by atoms with Crippen LogP contribution in [0.2, 0.25) is 0 Å². The molecule has 28 heavy (non-hydrogen) atoms. The van der Waals surface area contributed by atoms with Gasteiger partial charge in [0.15, 0.2) is 0 Å². The van der Waals surface area contributed by atoms with E-state index >= 15 is 0 Å². The molecular weight excluding hydrogens is 356 g/mol. The summed E-state index contributed by atoms with van der Waals surface area (Å²) < 4.78 is 1.51. The van der Waals surface area contributed by atoms with Crippen LogP contribution in [0.1, 0.15) is 70.3 Å². The van der Waals surface area contributed by atoms with E-state index in [9.17, 15) is 15.0 Å². The van der Waals surface area contributed by atoms with Crippen LogP contribution in [0.3, 0.4) is 0 Å². The summed E-state index contributed by atoms with van der Waals surface area (Å²) >= 11 is 0. The highest BCUT2D eigenvalue weighted by Gasteiger charge is 2.32. The highest BCUT2D eigenvalue weighted by atomic mass is 16.3. The smallest absolute Gasteiger partial charge is 0.267 e. The molecule has 1 aliphatic heterocycles. The van der Waals surface area contributed by atoms with Gasteiger partial charge in [-0.15, -0.1) is 0 Å². The van der Waals surface area contributed by atoms with Crippen molar-refractivity contribution in [1.82, 2.24) is 15.1 Å². The highest BCUT2D eigenvalue weighted by Crippen LogP contribution is 2.30. The molecule has 2 aliphatic carbocycles. The second-order valence-corrected chi connectivity index (χ2v) is 8.95. The molecule has 0 bridgehead atoms. The van der Waals surface area contributed by atoms with E-state index in [1.54, 1.807) is 6.07 Å². The van der Waals surface area contributed by atoms with Gasteiger partial charge < -0.3 is 20.4 Å². The van der Waals surface area contributed by atoms with E-state index in [4.69, 9.17) is 0 Å². The topological polar surface area (TPSA) is 90.6 Å². The zero-order chi connectivity index (χ0) is 19.6. The quantitative estimate of drug-likeness (QED) is 0.683. The van der Waals surface area contributed by atoms with E-state index in [1.165, 1.54) is 11.1 Å². The number of nitrogens with zero attached hydrogens (tertiary/aromatic N) is 3. The lowest BCUT2D eigenvalue weighted by Crippen LogP contribution is -2.49. The van der Waals surface area contributed by atoms with Gasteiger partial charge in [-0.2, -0.15) is 5.10 Å². The van der Waals surface area contributed by atoms with Crippen molar-refractivity contribution in [3.05, 3.63) is 22.5 Å². The molecule has 3 unspecified atom stereocenters. The van der Waals surface area contributed by atoms with Crippen molar-refractivity contribution in [1.29, 1.82) is 0 Å². The average Bonchev–Trinajstić information content (AvgIpc) is 3.31. The van der Waals surface area contributed by atoms with E-state index in [0.29, 0.717) is 12.6 Å². The van der Waals surface area contributed by atoms with Crippen LogP contribution in [0.15, 0.2) is 16.9 Å². The van der Waals surface area contributed by atoms with E-state index in [-0.39, 0.29) is 11.6 Å². The van der Waals surface area contributed by atoms with Gasteiger partial charge in [-0.05, 0) is 57.4 Å². The van der Waals surface area contributed by atoms with E-state index in [2.05, 4.69) is 15.3 Å². The molecule has 7 nitrogen and oxygen atoms in total. The molecule has 3 N–H and O–H groups in total. The van der Waals surface area contributed by atoms with Crippen molar-refractivity contribution in [3.63, 3.8) is 0 Å². The van der Waals surface area contributed by atoms with Gasteiger partial charge in [0.25, 0.3) is 5.56 Å². The van der Waals surface area contributed by atoms with Crippen molar-refractivity contribution >= 4 is 5.82 Å². The van der Waals surface area contributed by atoms with Crippen molar-refractivity contribution in [2.75, 3.05) is 24.5 Å². The number of rotatable bonds is 6. The van der Waals surface area contributed by atoms with Gasteiger partial charge in [-0.25, -0.2) is 4.68 Å². The van der Waals surface area contributed by atoms with Crippen LogP contribution in [-0.2, 0) is 0 Å². The predicted molar refractivity (Wildman–Crippen MR) is 109 cm³/mol. The first-order chi connectivity index (χ1) is 13.6. The summed E-state index contributed by atoms with van der Waals surface area (Å²) in [5.74, 6) is 0.824. The SMILES string of the molecule is O=c1ccc(N2CCCCC2CNCC2(O)CCCC2)nn1C1CCCC1O. The van der Waals surface area contributed by atoms with Crippen LogP contribution in [0.5, 0.6) is 0 Å². The molecule has 1 aromatic rings. The minimum atomic E-state index is -0.538. The standard InChI is InChI=1S/C21H34N4O3/c26-18-8-5-7-17(18)25-20(27)10-9-19(23-25)24-13-4-1-6-16(24)14-22-15-21(28)11-2-3-12-21/h9-10,16-18,22,26,28H,1-8,11-15H2. The Morgan fingerprint density at radius 2 is 1.93 bits per heavy atom. The summed E-state index contributed by atoms with van der Waals surface area (Å²) in [6, 6.07) is 3.52. The molecule has 2 heterocycles. The lowest BCUT2D eigenvalue weighted by atomic mass is 10.00. The van der Waals surface area contributed by atoms with Gasteiger partial charge in [-0.1, -0.05) is 12.8 Å². The summed E-state index contributed by atoms with van der Waals surface area (Å²) in [5, 5.41) is 29.0. The van der Waals surface area contributed by atoms with Crippen molar-refractivity contribution in [2.45, 2.75) is 88.0 Å². The maximum atomic E-state index is 12.4. The van der Waals surface area contributed by atoms with Crippen LogP contribution < -0.4 is 15.8 Å². The molecule has 7 heteroatoms. The molecule has 0 spiro atoms. The predicted octanol–water partition coefficient (Wildman–Crippen LogP) is 1.58. The minimum Gasteiger partial charge on any atom is -0.391 e. The van der Waals surface area contributed by atoms with Crippen molar-refractivity contribution < 1.29 is 10.2 Å². The highest BCUT2D eigenvalue weighted by molar-refractivity contribution is 5.39. The van der Waals surface area contributed by atoms with E-state index < -0.39 is 11.7 Å². The summed E-state index contributed by atoms with van der Waals surface area (Å²) in [5.41, 5.74) is -0.673. The Bertz CT molecular complexity index is 716. The third-order valence-corrected chi connectivity index (χ3v) is 6.86. The van der Waals surface area contributed by atoms with Crippen molar-refractivity contribution in [3.8, 4) is 0 Å². The number of aromatic nitrogens is 2. The molecule has 1 saturated heterocycles. The number of piperidine rings is 1. The summed E-state index contributed by atoms with van der Waals surface area (Å²) in [6.07, 6.45) is 9.41. The molecule has 3 fully saturated rings. The van der Waals surface area contributed by atoms with Crippen LogP contribution in [0, 0.1) is 0 Å². The van der Waals surface area contributed by atoms with Gasteiger partial charge >= 0.3 is 0 Å². The van der Waals surface area contributed by atoms with Crippen molar-refractivity contribution in [2.24, 2.45) is 0 Å². The second-order valence-electron chi connectivity index (χ2n) is 8.95. The average molecular weight is 391 g/mol. The Labute approximate surface area is 166 Å². The van der Waals surface area contributed by atoms with Gasteiger partial charge in [0.05, 0.1) is 17.7 Å². The third-order valence-electron chi connectivity index (χ3n) is 6.86. The van der Waals surface area contributed by atoms with Gasteiger partial charge in [0.2, 0.25) is 0 Å². The molecule has 156 valence electrons. The number of anilines is 1. The second kappa shape index (κ2) is 8.51. The van der Waals surface area contributed by atoms with E-state index in [0.717, 1.165) is 76.7 Å². The maximum Gasteiger partial charge on any atom is 0.267 e. The van der Waals surface area contributed by atoms with E-state index in [1.807, 2.05) is 6.07 Å². The Morgan fingerprint density at radius 3 is 2.68 bits per heavy atom. The lowest BCUT2D eigenvalue weighted by Gasteiger charge is -2.37. The number of hydrogen-bond acceptors (Lipinski definition) is 6. The largest absolute Gasteiger partial charge is 0.391 e. The molecule has 2 saturated carbocycles. The fourth-order valence-electron chi connectivity index (χ4n) is 5.21. The monoisotopic (exact) mass is 390 g/mol. The Balaban J connectivity index is 1.45. The molecule has 0 radical (unpaired) electrons. The summed E-state index contributed by atoms with van der Waals surface area (Å²) in [4.78, 5) is 14.7. The zero-order valence-electron chi connectivity index (χ0n) is 16.7. The minimum absolute atomic E-state index is 0.134. The third kappa shape index (κ3) is 4.26. The molecule has 3 aliphatic rings. The molecule has 4 rings (SSSR count). The van der Waals surface area contributed by atoms with Gasteiger partial charge in [0.1, 0.15) is 5.82 Å². The summed E-state index contributed by atoms with van der Waals surface area (Å²) in [6.45, 7) is 2.39. The normalized spacial score (nSPS) is 30.1. The van der Waals surface area contributed by atoms with Crippen LogP contribution in [0.4, 0.5) is 5.82 Å².